The van der Waals surface area contributed by atoms with Crippen LogP contribution in [0.5, 0.6) is 0 Å². The fraction of sp³-hybridized carbons (Fsp3) is 0. The molecule has 27 heavy (non-hydrogen) atoms. The van der Waals surface area contributed by atoms with Crippen LogP contribution in [0, 0.1) is 0 Å². The number of hydrogen-bond acceptors (Lipinski definition) is 4. The summed E-state index contributed by atoms with van der Waals surface area (Å²) in [6.45, 7) is 0. The predicted molar refractivity (Wildman–Crippen MR) is 102 cm³/mol. The summed E-state index contributed by atoms with van der Waals surface area (Å²) >= 11 is 0. The third kappa shape index (κ3) is 4.38. The van der Waals surface area contributed by atoms with E-state index in [1.165, 1.54) is 0 Å². The van der Waals surface area contributed by atoms with Gasteiger partial charge in [-0.15, -0.1) is 0 Å². The van der Waals surface area contributed by atoms with Crippen LogP contribution < -0.4 is 10.2 Å². The molecular formula is C22H14BeO4. The molecule has 0 aliphatic rings. The predicted octanol–water partition coefficient (Wildman–Crippen LogP) is 2.03. The molecule has 0 fully saturated rings. The van der Waals surface area contributed by atoms with Gasteiger partial charge in [0.25, 0.3) is 0 Å². The number of carboxylic acids is 2. The molecule has 4 aromatic carbocycles. The van der Waals surface area contributed by atoms with Gasteiger partial charge in [-0.3, -0.25) is 0 Å². The summed E-state index contributed by atoms with van der Waals surface area (Å²) in [6, 6.07) is 25.0. The van der Waals surface area contributed by atoms with Gasteiger partial charge in [0.05, 0.1) is 11.9 Å². The summed E-state index contributed by atoms with van der Waals surface area (Å²) in [5.74, 6) is -2.26. The van der Waals surface area contributed by atoms with Gasteiger partial charge in [-0.05, 0) is 21.5 Å². The van der Waals surface area contributed by atoms with Crippen molar-refractivity contribution in [2.24, 2.45) is 0 Å². The standard InChI is InChI=1S/2C11H8O2.Be/c2*12-11(13)10-7-3-5-8-4-1-2-6-9(8)10;/h2*1-7H,(H,12,13);/q;;+2/p-2. The molecule has 128 valence electrons. The summed E-state index contributed by atoms with van der Waals surface area (Å²) in [7, 11) is 0. The Kier molecular flexibility index (Phi) is 6.42. The molecule has 4 nitrogen and oxygen atoms in total. The number of carboxylic acid groups (broad SMARTS) is 2. The van der Waals surface area contributed by atoms with E-state index >= 15 is 0 Å². The van der Waals surface area contributed by atoms with Crippen LogP contribution in [0.1, 0.15) is 20.7 Å². The van der Waals surface area contributed by atoms with E-state index in [2.05, 4.69) is 0 Å². The molecule has 4 aromatic rings. The monoisotopic (exact) mass is 351 g/mol. The first-order valence-electron chi connectivity index (χ1n) is 7.96. The zero-order chi connectivity index (χ0) is 18.5. The molecule has 0 saturated heterocycles. The van der Waals surface area contributed by atoms with Crippen LogP contribution in [0.25, 0.3) is 21.5 Å². The molecule has 0 heterocycles. The largest absolute Gasteiger partial charge is 2.00 e. The van der Waals surface area contributed by atoms with Crippen LogP contribution in [0.4, 0.5) is 0 Å². The molecule has 4 rings (SSSR count). The van der Waals surface area contributed by atoms with Gasteiger partial charge in [-0.2, -0.15) is 0 Å². The topological polar surface area (TPSA) is 80.3 Å². The van der Waals surface area contributed by atoms with Crippen LogP contribution in [0.2, 0.25) is 0 Å². The molecule has 0 aliphatic heterocycles. The van der Waals surface area contributed by atoms with Crippen molar-refractivity contribution in [3.8, 4) is 0 Å². The van der Waals surface area contributed by atoms with E-state index in [0.717, 1.165) is 21.5 Å². The summed E-state index contributed by atoms with van der Waals surface area (Å²) in [4.78, 5) is 21.4. The zero-order valence-corrected chi connectivity index (χ0v) is 14.4. The molecule has 0 saturated carbocycles. The Labute approximate surface area is 159 Å². The van der Waals surface area contributed by atoms with Gasteiger partial charge in [-0.25, -0.2) is 0 Å². The first-order valence-corrected chi connectivity index (χ1v) is 7.96. The quantitative estimate of drug-likeness (QED) is 0.518. The van der Waals surface area contributed by atoms with Crippen molar-refractivity contribution >= 4 is 43.6 Å². The Morgan fingerprint density at radius 2 is 0.852 bits per heavy atom. The summed E-state index contributed by atoms with van der Waals surface area (Å²) in [5, 5.41) is 24.7. The van der Waals surface area contributed by atoms with Crippen LogP contribution in [-0.4, -0.2) is 22.1 Å². The molecule has 0 radical (unpaired) electrons. The van der Waals surface area contributed by atoms with E-state index in [-0.39, 0.29) is 21.2 Å². The number of hydrogen-bond donors (Lipinski definition) is 0. The van der Waals surface area contributed by atoms with E-state index in [1.54, 1.807) is 36.4 Å². The van der Waals surface area contributed by atoms with Crippen LogP contribution in [-0.2, 0) is 0 Å². The number of carbonyl (C=O) groups excluding carboxylic acids is 2. The van der Waals surface area contributed by atoms with Crippen LogP contribution >= 0.6 is 0 Å². The second-order valence-corrected chi connectivity index (χ2v) is 5.63. The Bertz CT molecular complexity index is 1010. The molecule has 0 aliphatic carbocycles. The van der Waals surface area contributed by atoms with E-state index in [4.69, 9.17) is 0 Å². The van der Waals surface area contributed by atoms with E-state index < -0.39 is 11.9 Å². The Hall–Kier alpha value is -3.49. The van der Waals surface area contributed by atoms with Gasteiger partial charge in [0.15, 0.2) is 0 Å². The molecule has 0 bridgehead atoms. The first-order chi connectivity index (χ1) is 12.6. The number of carbonyl (C=O) groups is 2. The van der Waals surface area contributed by atoms with Crippen molar-refractivity contribution in [1.29, 1.82) is 0 Å². The SMILES string of the molecule is O=C([O-])c1cccc2ccccc12.O=C([O-])c1cccc2ccccc12.[Be+2]. The maximum atomic E-state index is 10.7. The third-order valence-corrected chi connectivity index (χ3v) is 4.02. The van der Waals surface area contributed by atoms with Gasteiger partial charge >= 0.3 is 10.1 Å². The average Bonchev–Trinajstić information content (AvgIpc) is 2.67. The second-order valence-electron chi connectivity index (χ2n) is 5.63. The van der Waals surface area contributed by atoms with Crippen molar-refractivity contribution in [2.75, 3.05) is 0 Å². The normalized spacial score (nSPS) is 9.78. The van der Waals surface area contributed by atoms with Crippen molar-refractivity contribution in [3.05, 3.63) is 96.1 Å². The van der Waals surface area contributed by atoms with Crippen molar-refractivity contribution in [1.82, 2.24) is 0 Å². The van der Waals surface area contributed by atoms with Crippen LogP contribution in [0.3, 0.4) is 0 Å². The molecule has 0 amide bonds. The van der Waals surface area contributed by atoms with Crippen molar-refractivity contribution in [3.63, 3.8) is 0 Å². The summed E-state index contributed by atoms with van der Waals surface area (Å²) < 4.78 is 0. The molecule has 0 atom stereocenters. The number of aromatic carboxylic acids is 2. The Morgan fingerprint density at radius 1 is 0.519 bits per heavy atom. The summed E-state index contributed by atoms with van der Waals surface area (Å²) in [6.07, 6.45) is 0. The molecule has 0 spiro atoms. The Morgan fingerprint density at radius 3 is 1.22 bits per heavy atom. The minimum atomic E-state index is -1.13. The molecule has 0 aromatic heterocycles. The van der Waals surface area contributed by atoms with Crippen molar-refractivity contribution < 1.29 is 19.8 Å². The van der Waals surface area contributed by atoms with Crippen LogP contribution in [0.15, 0.2) is 84.9 Å². The number of benzene rings is 4. The second kappa shape index (κ2) is 8.74. The zero-order valence-electron chi connectivity index (χ0n) is 14.4. The number of fused-ring (bicyclic) bond motifs is 2. The maximum absolute atomic E-state index is 10.7. The molecular weight excluding hydrogens is 337 g/mol. The van der Waals surface area contributed by atoms with E-state index in [0.29, 0.717) is 0 Å². The van der Waals surface area contributed by atoms with Crippen molar-refractivity contribution in [2.45, 2.75) is 0 Å². The van der Waals surface area contributed by atoms with Gasteiger partial charge in [0.2, 0.25) is 0 Å². The summed E-state index contributed by atoms with van der Waals surface area (Å²) in [5.41, 5.74) is 0.496. The van der Waals surface area contributed by atoms with Gasteiger partial charge < -0.3 is 19.8 Å². The molecule has 0 unspecified atom stereocenters. The average molecular weight is 351 g/mol. The minimum Gasteiger partial charge on any atom is -0.545 e. The number of rotatable bonds is 2. The van der Waals surface area contributed by atoms with Gasteiger partial charge in [0, 0.05) is 11.1 Å². The maximum Gasteiger partial charge on any atom is 2.00 e. The third-order valence-electron chi connectivity index (χ3n) is 4.02. The fourth-order valence-electron chi connectivity index (χ4n) is 2.81. The minimum absolute atomic E-state index is 0. The van der Waals surface area contributed by atoms with Gasteiger partial charge in [-0.1, -0.05) is 84.9 Å². The van der Waals surface area contributed by atoms with Gasteiger partial charge in [0.1, 0.15) is 0 Å². The molecule has 0 N–H and O–H groups in total. The molecule has 5 heteroatoms. The Balaban J connectivity index is 0.000000187. The smallest absolute Gasteiger partial charge is 0.545 e. The fourth-order valence-corrected chi connectivity index (χ4v) is 2.81. The van der Waals surface area contributed by atoms with E-state index in [9.17, 15) is 19.8 Å². The van der Waals surface area contributed by atoms with E-state index in [1.807, 2.05) is 48.5 Å². The first kappa shape index (κ1) is 19.8.